The Morgan fingerprint density at radius 3 is 2.83 bits per heavy atom. The zero-order valence-corrected chi connectivity index (χ0v) is 18.4. The monoisotopic (exact) mass is 436 g/mol. The zero-order chi connectivity index (χ0) is 20.4. The van der Waals surface area contributed by atoms with Gasteiger partial charge in [-0.1, -0.05) is 49.6 Å². The Kier molecular flexibility index (Phi) is 6.20. The fourth-order valence-corrected chi connectivity index (χ4v) is 8.55. The molecule has 6 nitrogen and oxygen atoms in total. The molecule has 1 aromatic rings. The molecule has 1 aliphatic carbocycles. The Bertz CT molecular complexity index is 894. The fourth-order valence-electron chi connectivity index (χ4n) is 4.58. The van der Waals surface area contributed by atoms with E-state index in [0.717, 1.165) is 17.7 Å². The van der Waals surface area contributed by atoms with E-state index in [1.165, 1.54) is 37.4 Å². The first-order valence-electron chi connectivity index (χ1n) is 10.3. The molecule has 0 radical (unpaired) electrons. The number of sulfone groups is 1. The van der Waals surface area contributed by atoms with Gasteiger partial charge in [-0.25, -0.2) is 8.42 Å². The van der Waals surface area contributed by atoms with Gasteiger partial charge in [-0.15, -0.1) is 0 Å². The molecule has 0 unspecified atom stereocenters. The lowest BCUT2D eigenvalue weighted by atomic mass is 10.0. The molecule has 2 atom stereocenters. The molecule has 1 amide bonds. The molecular formula is C21H28N2O4S2. The molecule has 158 valence electrons. The predicted molar refractivity (Wildman–Crippen MR) is 116 cm³/mol. The van der Waals surface area contributed by atoms with E-state index in [0.29, 0.717) is 24.1 Å². The second kappa shape index (κ2) is 8.68. The molecule has 29 heavy (non-hydrogen) atoms. The molecule has 3 aliphatic rings. The average Bonchev–Trinajstić information content (AvgIpc) is 3.37. The highest BCUT2D eigenvalue weighted by Gasteiger charge is 2.48. The molecule has 0 spiro atoms. The van der Waals surface area contributed by atoms with Crippen LogP contribution in [0.3, 0.4) is 0 Å². The van der Waals surface area contributed by atoms with Gasteiger partial charge in [-0.3, -0.25) is 4.79 Å². The number of rotatable bonds is 6. The van der Waals surface area contributed by atoms with Crippen LogP contribution in [0.5, 0.6) is 5.75 Å². The molecular weight excluding hydrogens is 408 g/mol. The Hall–Kier alpha value is -1.54. The number of amides is 1. The molecule has 2 aliphatic heterocycles. The highest BCUT2D eigenvalue weighted by atomic mass is 32.2. The summed E-state index contributed by atoms with van der Waals surface area (Å²) in [5, 5.41) is 0.626. The van der Waals surface area contributed by atoms with Crippen molar-refractivity contribution in [1.29, 1.82) is 0 Å². The zero-order valence-electron chi connectivity index (χ0n) is 16.7. The molecule has 0 aromatic heterocycles. The maximum absolute atomic E-state index is 12.5. The third-order valence-corrected chi connectivity index (χ3v) is 9.37. The molecule has 0 N–H and O–H groups in total. The van der Waals surface area contributed by atoms with Gasteiger partial charge in [0.05, 0.1) is 24.7 Å². The number of thioether (sulfide) groups is 1. The van der Waals surface area contributed by atoms with Crippen LogP contribution in [0, 0.1) is 5.92 Å². The van der Waals surface area contributed by atoms with E-state index in [1.54, 1.807) is 7.11 Å². The summed E-state index contributed by atoms with van der Waals surface area (Å²) < 4.78 is 29.6. The first-order valence-corrected chi connectivity index (χ1v) is 13.0. The second-order valence-electron chi connectivity index (χ2n) is 8.26. The fraction of sp³-hybridized carbons (Fsp3) is 0.619. The van der Waals surface area contributed by atoms with E-state index in [4.69, 9.17) is 4.74 Å². The third kappa shape index (κ3) is 4.97. The number of methoxy groups -OCH3 is 1. The van der Waals surface area contributed by atoms with Gasteiger partial charge in [0.15, 0.2) is 15.0 Å². The SMILES string of the molecule is COc1cccc(CN2C(=NC(=O)CCC3CCCC3)S[C@@H]3CS(=O)(=O)C[C@H]32)c1. The summed E-state index contributed by atoms with van der Waals surface area (Å²) in [6, 6.07) is 7.61. The van der Waals surface area contributed by atoms with Gasteiger partial charge in [0, 0.05) is 18.2 Å². The summed E-state index contributed by atoms with van der Waals surface area (Å²) >= 11 is 1.45. The third-order valence-electron chi connectivity index (χ3n) is 6.12. The average molecular weight is 437 g/mol. The number of amidine groups is 1. The van der Waals surface area contributed by atoms with Crippen molar-refractivity contribution in [3.63, 3.8) is 0 Å². The van der Waals surface area contributed by atoms with Gasteiger partial charge in [-0.05, 0) is 30.0 Å². The van der Waals surface area contributed by atoms with Gasteiger partial charge >= 0.3 is 0 Å². The van der Waals surface area contributed by atoms with Crippen molar-refractivity contribution in [1.82, 2.24) is 4.90 Å². The van der Waals surface area contributed by atoms with Crippen LogP contribution >= 0.6 is 11.8 Å². The number of fused-ring (bicyclic) bond motifs is 1. The normalized spacial score (nSPS) is 27.5. The molecule has 0 bridgehead atoms. The second-order valence-corrected chi connectivity index (χ2v) is 11.6. The van der Waals surface area contributed by atoms with Gasteiger partial charge in [0.2, 0.25) is 5.91 Å². The van der Waals surface area contributed by atoms with Gasteiger partial charge in [-0.2, -0.15) is 4.99 Å². The molecule has 2 heterocycles. The largest absolute Gasteiger partial charge is 0.497 e. The lowest BCUT2D eigenvalue weighted by Crippen LogP contribution is -2.37. The smallest absolute Gasteiger partial charge is 0.248 e. The number of ether oxygens (including phenoxy) is 1. The predicted octanol–water partition coefficient (Wildman–Crippen LogP) is 3.26. The van der Waals surface area contributed by atoms with Crippen LogP contribution in [-0.2, 0) is 21.2 Å². The summed E-state index contributed by atoms with van der Waals surface area (Å²) in [6.45, 7) is 0.523. The highest BCUT2D eigenvalue weighted by Crippen LogP contribution is 2.39. The summed E-state index contributed by atoms with van der Waals surface area (Å²) in [5.41, 5.74) is 1.01. The summed E-state index contributed by atoms with van der Waals surface area (Å²) in [5.74, 6) is 1.62. The van der Waals surface area contributed by atoms with Crippen molar-refractivity contribution >= 4 is 32.7 Å². The topological polar surface area (TPSA) is 76.0 Å². The molecule has 1 aromatic carbocycles. The first kappa shape index (κ1) is 20.7. The summed E-state index contributed by atoms with van der Waals surface area (Å²) in [6.07, 6.45) is 6.39. The van der Waals surface area contributed by atoms with Crippen LogP contribution in [-0.4, -0.2) is 54.3 Å². The Balaban J connectivity index is 1.50. The van der Waals surface area contributed by atoms with E-state index in [1.807, 2.05) is 29.2 Å². The van der Waals surface area contributed by atoms with Crippen LogP contribution < -0.4 is 4.74 Å². The Labute approximate surface area is 177 Å². The molecule has 8 heteroatoms. The molecule has 2 saturated heterocycles. The van der Waals surface area contributed by atoms with Crippen molar-refractivity contribution in [2.24, 2.45) is 10.9 Å². The summed E-state index contributed by atoms with van der Waals surface area (Å²) in [7, 11) is -1.42. The van der Waals surface area contributed by atoms with Gasteiger partial charge in [0.25, 0.3) is 0 Å². The van der Waals surface area contributed by atoms with Crippen molar-refractivity contribution in [3.05, 3.63) is 29.8 Å². The van der Waals surface area contributed by atoms with Crippen molar-refractivity contribution in [2.75, 3.05) is 18.6 Å². The number of aliphatic imine (C=N–C) groups is 1. The lowest BCUT2D eigenvalue weighted by Gasteiger charge is -2.24. The molecule has 3 fully saturated rings. The van der Waals surface area contributed by atoms with Crippen LogP contribution in [0.15, 0.2) is 29.3 Å². The number of hydrogen-bond donors (Lipinski definition) is 0. The van der Waals surface area contributed by atoms with E-state index >= 15 is 0 Å². The van der Waals surface area contributed by atoms with E-state index in [2.05, 4.69) is 4.99 Å². The lowest BCUT2D eigenvalue weighted by molar-refractivity contribution is -0.118. The van der Waals surface area contributed by atoms with Crippen LogP contribution in [0.25, 0.3) is 0 Å². The maximum atomic E-state index is 12.5. The van der Waals surface area contributed by atoms with Gasteiger partial charge < -0.3 is 9.64 Å². The van der Waals surface area contributed by atoms with E-state index in [9.17, 15) is 13.2 Å². The van der Waals surface area contributed by atoms with Gasteiger partial charge in [0.1, 0.15) is 5.75 Å². The van der Waals surface area contributed by atoms with Crippen molar-refractivity contribution in [3.8, 4) is 5.75 Å². The Morgan fingerprint density at radius 2 is 2.07 bits per heavy atom. The number of carbonyl (C=O) groups excluding carboxylic acids is 1. The number of benzene rings is 1. The van der Waals surface area contributed by atoms with E-state index in [-0.39, 0.29) is 28.7 Å². The minimum atomic E-state index is -3.04. The van der Waals surface area contributed by atoms with E-state index < -0.39 is 9.84 Å². The molecule has 4 rings (SSSR count). The quantitative estimate of drug-likeness (QED) is 0.681. The molecule has 1 saturated carbocycles. The van der Waals surface area contributed by atoms with Crippen LogP contribution in [0.1, 0.15) is 44.1 Å². The number of nitrogens with zero attached hydrogens (tertiary/aromatic N) is 2. The van der Waals surface area contributed by atoms with Crippen LogP contribution in [0.4, 0.5) is 0 Å². The minimum absolute atomic E-state index is 0.0491. The minimum Gasteiger partial charge on any atom is -0.497 e. The number of hydrogen-bond acceptors (Lipinski definition) is 5. The maximum Gasteiger partial charge on any atom is 0.248 e. The Morgan fingerprint density at radius 1 is 1.28 bits per heavy atom. The van der Waals surface area contributed by atoms with Crippen LogP contribution in [0.2, 0.25) is 0 Å². The number of carbonyl (C=O) groups is 1. The summed E-state index contributed by atoms with van der Waals surface area (Å²) in [4.78, 5) is 19.0. The van der Waals surface area contributed by atoms with Crippen molar-refractivity contribution in [2.45, 2.75) is 56.4 Å². The first-order chi connectivity index (χ1) is 13.9. The highest BCUT2D eigenvalue weighted by molar-refractivity contribution is 8.15. The van der Waals surface area contributed by atoms with Crippen molar-refractivity contribution < 1.29 is 17.9 Å². The standard InChI is InChI=1S/C21H28N2O4S2/c1-27-17-8-4-7-16(11-17)12-23-18-13-29(25,26)14-19(18)28-21(23)22-20(24)10-9-15-5-2-3-6-15/h4,7-8,11,15,18-19H,2-3,5-6,9-10,12-14H2,1H3/t18-,19-/m1/s1.